The van der Waals surface area contributed by atoms with Crippen molar-refractivity contribution in [2.75, 3.05) is 17.2 Å². The molecule has 2 amide bonds. The maximum absolute atomic E-state index is 12.4. The maximum atomic E-state index is 12.4. The van der Waals surface area contributed by atoms with Gasteiger partial charge in [0.1, 0.15) is 5.75 Å². The highest BCUT2D eigenvalue weighted by molar-refractivity contribution is 5.94. The van der Waals surface area contributed by atoms with Crippen molar-refractivity contribution in [3.05, 3.63) is 54.6 Å². The van der Waals surface area contributed by atoms with E-state index in [4.69, 9.17) is 4.74 Å². The Hall–Kier alpha value is -2.82. The van der Waals surface area contributed by atoms with E-state index in [1.54, 1.807) is 12.1 Å². The first-order valence-electron chi connectivity index (χ1n) is 16.5. The molecule has 0 fully saturated rings. The molecule has 5 heteroatoms. The molecule has 0 radical (unpaired) electrons. The number of para-hydroxylation sites is 1. The maximum Gasteiger partial charge on any atom is 0.262 e. The fourth-order valence-corrected chi connectivity index (χ4v) is 5.12. The van der Waals surface area contributed by atoms with Gasteiger partial charge in [-0.1, -0.05) is 147 Å². The van der Waals surface area contributed by atoms with Crippen molar-refractivity contribution in [1.29, 1.82) is 0 Å². The van der Waals surface area contributed by atoms with Gasteiger partial charge in [-0.3, -0.25) is 9.59 Å². The van der Waals surface area contributed by atoms with E-state index in [9.17, 15) is 9.59 Å². The summed E-state index contributed by atoms with van der Waals surface area (Å²) in [5.74, 6) is 0.428. The predicted octanol–water partition coefficient (Wildman–Crippen LogP) is 10.5. The third kappa shape index (κ3) is 19.0. The molecule has 0 saturated carbocycles. The minimum atomic E-state index is -0.244. The molecular weight excluding hydrogens is 508 g/mol. The summed E-state index contributed by atoms with van der Waals surface area (Å²) in [7, 11) is 0. The number of benzene rings is 2. The second-order valence-electron chi connectivity index (χ2n) is 11.4. The van der Waals surface area contributed by atoms with Gasteiger partial charge in [0.2, 0.25) is 5.91 Å². The van der Waals surface area contributed by atoms with Gasteiger partial charge < -0.3 is 15.4 Å². The van der Waals surface area contributed by atoms with Gasteiger partial charge in [-0.15, -0.1) is 0 Å². The Morgan fingerprint density at radius 1 is 0.537 bits per heavy atom. The van der Waals surface area contributed by atoms with E-state index in [1.165, 1.54) is 109 Å². The van der Waals surface area contributed by atoms with Crippen molar-refractivity contribution in [1.82, 2.24) is 0 Å². The Balaban J connectivity index is 1.39. The molecule has 2 aromatic rings. The standard InChI is InChI=1S/C36H56N2O3/c1-2-3-4-5-6-7-8-9-10-11-12-13-14-15-16-17-18-19-23-29-35(39)37-32-25-24-26-33(30-32)38-36(40)31-41-34-27-21-20-22-28-34/h20-22,24-28,30H,2-19,23,29,31H2,1H3,(H,37,39)(H,38,40). The van der Waals surface area contributed by atoms with E-state index in [2.05, 4.69) is 17.6 Å². The summed E-state index contributed by atoms with van der Waals surface area (Å²) in [5.41, 5.74) is 1.32. The summed E-state index contributed by atoms with van der Waals surface area (Å²) in [6.45, 7) is 2.21. The zero-order valence-electron chi connectivity index (χ0n) is 25.8. The third-order valence-electron chi connectivity index (χ3n) is 7.55. The Morgan fingerprint density at radius 3 is 1.46 bits per heavy atom. The van der Waals surface area contributed by atoms with Crippen LogP contribution in [0.1, 0.15) is 135 Å². The molecule has 0 atom stereocenters. The first-order chi connectivity index (χ1) is 20.2. The normalized spacial score (nSPS) is 10.9. The highest BCUT2D eigenvalue weighted by atomic mass is 16.5. The summed E-state index contributed by atoms with van der Waals surface area (Å²) in [5, 5.41) is 5.77. The monoisotopic (exact) mass is 564 g/mol. The van der Waals surface area contributed by atoms with Gasteiger partial charge in [0.05, 0.1) is 0 Å². The number of carbonyl (C=O) groups is 2. The van der Waals surface area contributed by atoms with Gasteiger partial charge in [0.15, 0.2) is 6.61 Å². The Kier molecular flexibility index (Phi) is 20.0. The molecule has 2 aromatic carbocycles. The van der Waals surface area contributed by atoms with E-state index >= 15 is 0 Å². The fraction of sp³-hybridized carbons (Fsp3) is 0.611. The van der Waals surface area contributed by atoms with E-state index in [1.807, 2.05) is 42.5 Å². The third-order valence-corrected chi connectivity index (χ3v) is 7.55. The highest BCUT2D eigenvalue weighted by Crippen LogP contribution is 2.17. The van der Waals surface area contributed by atoms with E-state index in [-0.39, 0.29) is 18.4 Å². The number of carbonyl (C=O) groups excluding carboxylic acids is 2. The van der Waals surface area contributed by atoms with Gasteiger partial charge >= 0.3 is 0 Å². The molecule has 0 saturated heterocycles. The number of hydrogen-bond acceptors (Lipinski definition) is 3. The number of anilines is 2. The number of unbranched alkanes of at least 4 members (excludes halogenated alkanes) is 18. The van der Waals surface area contributed by atoms with Crippen LogP contribution < -0.4 is 15.4 Å². The lowest BCUT2D eigenvalue weighted by atomic mass is 10.0. The molecule has 0 aliphatic carbocycles. The van der Waals surface area contributed by atoms with Gasteiger partial charge in [0, 0.05) is 17.8 Å². The van der Waals surface area contributed by atoms with Crippen LogP contribution in [0.5, 0.6) is 5.75 Å². The molecular formula is C36H56N2O3. The summed E-state index contributed by atoms with van der Waals surface area (Å²) < 4.78 is 5.48. The van der Waals surface area contributed by atoms with Crippen LogP contribution in [0, 0.1) is 0 Å². The van der Waals surface area contributed by atoms with Crippen LogP contribution >= 0.6 is 0 Å². The van der Waals surface area contributed by atoms with Crippen molar-refractivity contribution in [3.63, 3.8) is 0 Å². The van der Waals surface area contributed by atoms with Crippen LogP contribution in [-0.4, -0.2) is 18.4 Å². The smallest absolute Gasteiger partial charge is 0.262 e. The van der Waals surface area contributed by atoms with Gasteiger partial charge in [-0.25, -0.2) is 0 Å². The van der Waals surface area contributed by atoms with Crippen molar-refractivity contribution in [2.45, 2.75) is 135 Å². The predicted molar refractivity (Wildman–Crippen MR) is 174 cm³/mol. The second kappa shape index (κ2) is 23.8. The van der Waals surface area contributed by atoms with Gasteiger partial charge in [-0.05, 0) is 36.8 Å². The van der Waals surface area contributed by atoms with Crippen LogP contribution in [0.2, 0.25) is 0 Å². The SMILES string of the molecule is CCCCCCCCCCCCCCCCCCCCCC(=O)Nc1cccc(NC(=O)COc2ccccc2)c1. The molecule has 0 aliphatic heterocycles. The Bertz CT molecular complexity index is 931. The number of hydrogen-bond donors (Lipinski definition) is 2. The lowest BCUT2D eigenvalue weighted by molar-refractivity contribution is -0.118. The van der Waals surface area contributed by atoms with Crippen molar-refractivity contribution >= 4 is 23.2 Å². The number of ether oxygens (including phenoxy) is 1. The minimum Gasteiger partial charge on any atom is -0.484 e. The van der Waals surface area contributed by atoms with Crippen LogP contribution in [-0.2, 0) is 9.59 Å². The zero-order valence-corrected chi connectivity index (χ0v) is 25.8. The number of nitrogens with one attached hydrogen (secondary N) is 2. The molecule has 0 spiro atoms. The quantitative estimate of drug-likeness (QED) is 0.118. The molecule has 0 aliphatic rings. The molecule has 5 nitrogen and oxygen atoms in total. The molecule has 2 N–H and O–H groups in total. The second-order valence-corrected chi connectivity index (χ2v) is 11.4. The molecule has 41 heavy (non-hydrogen) atoms. The van der Waals surface area contributed by atoms with Crippen LogP contribution in [0.4, 0.5) is 11.4 Å². The largest absolute Gasteiger partial charge is 0.484 e. The number of amides is 2. The van der Waals surface area contributed by atoms with Crippen LogP contribution in [0.25, 0.3) is 0 Å². The Morgan fingerprint density at radius 2 is 0.976 bits per heavy atom. The molecule has 228 valence electrons. The highest BCUT2D eigenvalue weighted by Gasteiger charge is 2.07. The summed E-state index contributed by atoms with van der Waals surface area (Å²) in [6, 6.07) is 16.5. The lowest BCUT2D eigenvalue weighted by Crippen LogP contribution is -2.20. The van der Waals surface area contributed by atoms with Crippen LogP contribution in [0.3, 0.4) is 0 Å². The summed E-state index contributed by atoms with van der Waals surface area (Å²) in [6.07, 6.45) is 26.1. The average Bonchev–Trinajstić information content (AvgIpc) is 2.98. The molecule has 0 aromatic heterocycles. The number of rotatable bonds is 25. The first-order valence-corrected chi connectivity index (χ1v) is 16.5. The van der Waals surface area contributed by atoms with Crippen molar-refractivity contribution in [2.24, 2.45) is 0 Å². The molecule has 2 rings (SSSR count). The van der Waals surface area contributed by atoms with E-state index < -0.39 is 0 Å². The minimum absolute atomic E-state index is 0.0212. The first kappa shape index (κ1) is 34.4. The average molecular weight is 565 g/mol. The van der Waals surface area contributed by atoms with Crippen LogP contribution in [0.15, 0.2) is 54.6 Å². The summed E-state index contributed by atoms with van der Waals surface area (Å²) >= 11 is 0. The summed E-state index contributed by atoms with van der Waals surface area (Å²) in [4.78, 5) is 24.6. The Labute approximate surface area is 250 Å². The van der Waals surface area contributed by atoms with Gasteiger partial charge in [0.25, 0.3) is 5.91 Å². The fourth-order valence-electron chi connectivity index (χ4n) is 5.12. The van der Waals surface area contributed by atoms with Gasteiger partial charge in [-0.2, -0.15) is 0 Å². The molecule has 0 unspecified atom stereocenters. The lowest BCUT2D eigenvalue weighted by Gasteiger charge is -2.10. The zero-order chi connectivity index (χ0) is 29.2. The van der Waals surface area contributed by atoms with E-state index in [0.717, 1.165) is 12.8 Å². The molecule has 0 bridgehead atoms. The van der Waals surface area contributed by atoms with E-state index in [0.29, 0.717) is 23.5 Å². The van der Waals surface area contributed by atoms with Crippen molar-refractivity contribution < 1.29 is 14.3 Å². The van der Waals surface area contributed by atoms with Crippen molar-refractivity contribution in [3.8, 4) is 5.75 Å². The topological polar surface area (TPSA) is 67.4 Å². The molecule has 0 heterocycles.